The molecule has 124 valence electrons. The van der Waals surface area contributed by atoms with Crippen molar-refractivity contribution < 1.29 is 9.59 Å². The fraction of sp³-hybridized carbons (Fsp3) is 0.556. The molecule has 1 aliphatic heterocycles. The Labute approximate surface area is 141 Å². The number of amides is 2. The summed E-state index contributed by atoms with van der Waals surface area (Å²) >= 11 is 1.61. The van der Waals surface area contributed by atoms with Crippen LogP contribution in [0.5, 0.6) is 0 Å². The first-order valence-electron chi connectivity index (χ1n) is 8.29. The average molecular weight is 332 g/mol. The highest BCUT2D eigenvalue weighted by molar-refractivity contribution is 7.14. The summed E-state index contributed by atoms with van der Waals surface area (Å²) in [6.45, 7) is 7.20. The van der Waals surface area contributed by atoms with E-state index in [9.17, 15) is 9.59 Å². The predicted molar refractivity (Wildman–Crippen MR) is 92.8 cm³/mol. The Morgan fingerprint density at radius 1 is 1.52 bits per heavy atom. The highest BCUT2D eigenvalue weighted by Crippen LogP contribution is 2.33. The third kappa shape index (κ3) is 3.07. The Morgan fingerprint density at radius 3 is 3.04 bits per heavy atom. The van der Waals surface area contributed by atoms with Crippen LogP contribution < -0.4 is 0 Å². The third-order valence-corrected chi connectivity index (χ3v) is 6.17. The summed E-state index contributed by atoms with van der Waals surface area (Å²) in [7, 11) is 1.75. The van der Waals surface area contributed by atoms with Crippen LogP contribution in [0.3, 0.4) is 0 Å². The quantitative estimate of drug-likeness (QED) is 0.796. The van der Waals surface area contributed by atoms with Crippen LogP contribution in [0.25, 0.3) is 0 Å². The molecule has 2 heterocycles. The van der Waals surface area contributed by atoms with Crippen LogP contribution in [0, 0.1) is 5.92 Å². The minimum Gasteiger partial charge on any atom is -0.337 e. The van der Waals surface area contributed by atoms with Crippen molar-refractivity contribution in [2.45, 2.75) is 38.6 Å². The molecule has 1 saturated heterocycles. The number of hydrogen-bond acceptors (Lipinski definition) is 3. The molecule has 2 amide bonds. The van der Waals surface area contributed by atoms with Gasteiger partial charge in [-0.15, -0.1) is 17.9 Å². The lowest BCUT2D eigenvalue weighted by Crippen LogP contribution is -2.42. The van der Waals surface area contributed by atoms with Gasteiger partial charge in [-0.25, -0.2) is 0 Å². The van der Waals surface area contributed by atoms with E-state index in [1.54, 1.807) is 34.3 Å². The molecule has 2 atom stereocenters. The molecular weight excluding hydrogens is 308 g/mol. The van der Waals surface area contributed by atoms with Gasteiger partial charge in [-0.05, 0) is 43.2 Å². The van der Waals surface area contributed by atoms with Crippen LogP contribution in [0.1, 0.15) is 39.9 Å². The zero-order valence-corrected chi connectivity index (χ0v) is 14.7. The fourth-order valence-electron chi connectivity index (χ4n) is 3.55. The maximum Gasteiger partial charge on any atom is 0.264 e. The SMILES string of the molecule is C=CCN1CC[C@H](N(C)C(=O)c2cc3c(s2)CC[C@H](C)C3)C1=O. The predicted octanol–water partition coefficient (Wildman–Crippen LogP) is 2.73. The van der Waals surface area contributed by atoms with Gasteiger partial charge in [0.2, 0.25) is 5.91 Å². The van der Waals surface area contributed by atoms with Crippen molar-refractivity contribution >= 4 is 23.2 Å². The Hall–Kier alpha value is -1.62. The van der Waals surface area contributed by atoms with Crippen LogP contribution in [-0.4, -0.2) is 47.8 Å². The molecule has 0 bridgehead atoms. The van der Waals surface area contributed by atoms with Gasteiger partial charge in [-0.1, -0.05) is 13.0 Å². The second-order valence-electron chi connectivity index (χ2n) is 6.70. The maximum absolute atomic E-state index is 12.8. The number of likely N-dealkylation sites (tertiary alicyclic amines) is 1. The number of fused-ring (bicyclic) bond motifs is 1. The molecule has 0 aromatic carbocycles. The highest BCUT2D eigenvalue weighted by Gasteiger charge is 2.36. The van der Waals surface area contributed by atoms with Gasteiger partial charge in [0.15, 0.2) is 0 Å². The molecule has 0 spiro atoms. The zero-order valence-electron chi connectivity index (χ0n) is 13.9. The van der Waals surface area contributed by atoms with E-state index in [1.807, 2.05) is 0 Å². The molecule has 2 aliphatic rings. The van der Waals surface area contributed by atoms with Gasteiger partial charge in [0.05, 0.1) is 4.88 Å². The minimum atomic E-state index is -0.333. The first-order chi connectivity index (χ1) is 11.0. The average Bonchev–Trinajstić information content (AvgIpc) is 3.10. The van der Waals surface area contributed by atoms with Gasteiger partial charge in [0, 0.05) is 25.0 Å². The Kier molecular flexibility index (Phi) is 4.57. The first-order valence-corrected chi connectivity index (χ1v) is 9.11. The Balaban J connectivity index is 1.73. The van der Waals surface area contributed by atoms with Crippen molar-refractivity contribution in [2.24, 2.45) is 5.92 Å². The lowest BCUT2D eigenvalue weighted by atomic mass is 9.90. The van der Waals surface area contributed by atoms with Crippen LogP contribution in [0.15, 0.2) is 18.7 Å². The maximum atomic E-state index is 12.8. The molecule has 1 fully saturated rings. The van der Waals surface area contributed by atoms with Crippen LogP contribution in [0.2, 0.25) is 0 Å². The van der Waals surface area contributed by atoms with Crippen molar-refractivity contribution in [3.63, 3.8) is 0 Å². The lowest BCUT2D eigenvalue weighted by molar-refractivity contribution is -0.130. The van der Waals surface area contributed by atoms with Gasteiger partial charge in [0.25, 0.3) is 5.91 Å². The zero-order chi connectivity index (χ0) is 16.6. The molecule has 0 radical (unpaired) electrons. The first kappa shape index (κ1) is 16.2. The molecule has 23 heavy (non-hydrogen) atoms. The number of hydrogen-bond donors (Lipinski definition) is 0. The van der Waals surface area contributed by atoms with Crippen molar-refractivity contribution in [1.82, 2.24) is 9.80 Å². The van der Waals surface area contributed by atoms with Crippen molar-refractivity contribution in [3.05, 3.63) is 34.0 Å². The third-order valence-electron chi connectivity index (χ3n) is 4.95. The summed E-state index contributed by atoms with van der Waals surface area (Å²) in [5.74, 6) is 0.716. The van der Waals surface area contributed by atoms with E-state index in [2.05, 4.69) is 19.6 Å². The van der Waals surface area contributed by atoms with E-state index in [-0.39, 0.29) is 17.9 Å². The van der Waals surface area contributed by atoms with E-state index in [0.717, 1.165) is 17.7 Å². The number of carbonyl (C=O) groups is 2. The van der Waals surface area contributed by atoms with Gasteiger partial charge in [-0.2, -0.15) is 0 Å². The summed E-state index contributed by atoms with van der Waals surface area (Å²) in [5, 5.41) is 0. The second-order valence-corrected chi connectivity index (χ2v) is 7.84. The molecule has 0 saturated carbocycles. The van der Waals surface area contributed by atoms with E-state index in [0.29, 0.717) is 25.4 Å². The summed E-state index contributed by atoms with van der Waals surface area (Å²) < 4.78 is 0. The fourth-order valence-corrected chi connectivity index (χ4v) is 4.74. The highest BCUT2D eigenvalue weighted by atomic mass is 32.1. The molecule has 0 unspecified atom stereocenters. The summed E-state index contributed by atoms with van der Waals surface area (Å²) in [5.41, 5.74) is 1.33. The number of likely N-dealkylation sites (N-methyl/N-ethyl adjacent to an activating group) is 1. The minimum absolute atomic E-state index is 0.0177. The molecule has 4 nitrogen and oxygen atoms in total. The summed E-state index contributed by atoms with van der Waals surface area (Å²) in [6, 6.07) is 1.72. The number of carbonyl (C=O) groups excluding carboxylic acids is 2. The second kappa shape index (κ2) is 6.48. The monoisotopic (exact) mass is 332 g/mol. The van der Waals surface area contributed by atoms with Crippen LogP contribution in [-0.2, 0) is 17.6 Å². The lowest BCUT2D eigenvalue weighted by Gasteiger charge is -2.23. The van der Waals surface area contributed by atoms with Crippen molar-refractivity contribution in [1.29, 1.82) is 0 Å². The standard InChI is InChI=1S/C18H24N2O2S/c1-4-8-20-9-7-14(17(20)21)19(3)18(22)16-11-13-10-12(2)5-6-15(13)23-16/h4,11-12,14H,1,5-10H2,2-3H3/t12-,14-/m0/s1. The molecular formula is C18H24N2O2S. The topological polar surface area (TPSA) is 40.6 Å². The molecule has 0 N–H and O–H groups in total. The van der Waals surface area contributed by atoms with Crippen molar-refractivity contribution in [3.8, 4) is 0 Å². The molecule has 1 aliphatic carbocycles. The number of rotatable bonds is 4. The Bertz CT molecular complexity index is 637. The normalized spacial score (nSPS) is 23.7. The van der Waals surface area contributed by atoms with Crippen LogP contribution in [0.4, 0.5) is 0 Å². The molecule has 1 aromatic heterocycles. The van der Waals surface area contributed by atoms with E-state index in [4.69, 9.17) is 0 Å². The Morgan fingerprint density at radius 2 is 2.30 bits per heavy atom. The number of thiophene rings is 1. The van der Waals surface area contributed by atoms with Gasteiger partial charge < -0.3 is 9.80 Å². The molecule has 5 heteroatoms. The van der Waals surface area contributed by atoms with Crippen molar-refractivity contribution in [2.75, 3.05) is 20.1 Å². The smallest absolute Gasteiger partial charge is 0.264 e. The summed E-state index contributed by atoms with van der Waals surface area (Å²) in [6.07, 6.45) is 5.79. The van der Waals surface area contributed by atoms with Gasteiger partial charge in [0.1, 0.15) is 6.04 Å². The van der Waals surface area contributed by atoms with E-state index >= 15 is 0 Å². The largest absolute Gasteiger partial charge is 0.337 e. The van der Waals surface area contributed by atoms with Gasteiger partial charge in [-0.3, -0.25) is 9.59 Å². The van der Waals surface area contributed by atoms with Gasteiger partial charge >= 0.3 is 0 Å². The molecule has 1 aromatic rings. The number of nitrogens with zero attached hydrogens (tertiary/aromatic N) is 2. The van der Waals surface area contributed by atoms with E-state index < -0.39 is 0 Å². The van der Waals surface area contributed by atoms with Crippen LogP contribution >= 0.6 is 11.3 Å². The summed E-state index contributed by atoms with van der Waals surface area (Å²) in [4.78, 5) is 30.7. The number of aryl methyl sites for hydroxylation is 1. The molecule has 3 rings (SSSR count). The van der Waals surface area contributed by atoms with E-state index in [1.165, 1.54) is 16.9 Å².